The van der Waals surface area contributed by atoms with Gasteiger partial charge in [-0.3, -0.25) is 4.79 Å². The molecule has 1 fully saturated rings. The summed E-state index contributed by atoms with van der Waals surface area (Å²) in [4.78, 5) is 13.2. The molecule has 1 aromatic heterocycles. The molecule has 0 radical (unpaired) electrons. The largest absolute Gasteiger partial charge is 0.364 e. The SMILES string of the molecule is Cn1cnnc1Sc1ccc(NC(=O)[C@@H]2CC[C@H](CN)O2)cc1. The first-order valence-corrected chi connectivity index (χ1v) is 8.25. The highest BCUT2D eigenvalue weighted by Crippen LogP contribution is 2.27. The van der Waals surface area contributed by atoms with Crippen LogP contribution >= 0.6 is 11.8 Å². The number of ether oxygens (including phenoxy) is 1. The Kier molecular flexibility index (Phi) is 4.94. The van der Waals surface area contributed by atoms with Crippen molar-refractivity contribution in [3.05, 3.63) is 30.6 Å². The van der Waals surface area contributed by atoms with Crippen molar-refractivity contribution in [3.8, 4) is 0 Å². The Balaban J connectivity index is 1.57. The molecule has 0 bridgehead atoms. The van der Waals surface area contributed by atoms with E-state index in [4.69, 9.17) is 10.5 Å². The minimum Gasteiger partial charge on any atom is -0.364 e. The fourth-order valence-electron chi connectivity index (χ4n) is 2.37. The molecule has 122 valence electrons. The number of nitrogens with two attached hydrogens (primary N) is 1. The lowest BCUT2D eigenvalue weighted by Gasteiger charge is -2.13. The van der Waals surface area contributed by atoms with Crippen LogP contribution < -0.4 is 11.1 Å². The van der Waals surface area contributed by atoms with Crippen LogP contribution in [0, 0.1) is 0 Å². The second-order valence-electron chi connectivity index (χ2n) is 5.40. The molecular weight excluding hydrogens is 314 g/mol. The van der Waals surface area contributed by atoms with E-state index in [1.165, 1.54) is 11.8 Å². The number of nitrogens with zero attached hydrogens (tertiary/aromatic N) is 3. The minimum atomic E-state index is -0.406. The molecule has 1 saturated heterocycles. The molecule has 7 nitrogen and oxygen atoms in total. The lowest BCUT2D eigenvalue weighted by atomic mass is 10.2. The van der Waals surface area contributed by atoms with Crippen LogP contribution in [0.4, 0.5) is 5.69 Å². The second kappa shape index (κ2) is 7.12. The number of aryl methyl sites for hydroxylation is 1. The molecule has 8 heteroatoms. The molecule has 3 N–H and O–H groups in total. The van der Waals surface area contributed by atoms with Crippen LogP contribution in [0.15, 0.2) is 40.6 Å². The normalized spacial score (nSPS) is 20.6. The third-order valence-electron chi connectivity index (χ3n) is 3.66. The Hall–Kier alpha value is -1.90. The molecular formula is C15H19N5O2S. The van der Waals surface area contributed by atoms with Crippen molar-refractivity contribution >= 4 is 23.4 Å². The summed E-state index contributed by atoms with van der Waals surface area (Å²) in [5.41, 5.74) is 6.31. The highest BCUT2D eigenvalue weighted by molar-refractivity contribution is 7.99. The van der Waals surface area contributed by atoms with Gasteiger partial charge < -0.3 is 20.4 Å². The van der Waals surface area contributed by atoms with Crippen molar-refractivity contribution < 1.29 is 9.53 Å². The van der Waals surface area contributed by atoms with Crippen molar-refractivity contribution in [2.75, 3.05) is 11.9 Å². The average Bonchev–Trinajstić information content (AvgIpc) is 3.19. The van der Waals surface area contributed by atoms with Crippen LogP contribution in [0.2, 0.25) is 0 Å². The molecule has 0 unspecified atom stereocenters. The first-order valence-electron chi connectivity index (χ1n) is 7.44. The number of aromatic nitrogens is 3. The number of nitrogens with one attached hydrogen (secondary N) is 1. The summed E-state index contributed by atoms with van der Waals surface area (Å²) in [5.74, 6) is -0.116. The summed E-state index contributed by atoms with van der Waals surface area (Å²) in [5, 5.41) is 11.6. The topological polar surface area (TPSA) is 95.1 Å². The molecule has 23 heavy (non-hydrogen) atoms. The molecule has 2 aromatic rings. The van der Waals surface area contributed by atoms with Gasteiger partial charge in [0.15, 0.2) is 5.16 Å². The van der Waals surface area contributed by atoms with Crippen LogP contribution in [0.25, 0.3) is 0 Å². The van der Waals surface area contributed by atoms with E-state index in [1.807, 2.05) is 35.9 Å². The predicted molar refractivity (Wildman–Crippen MR) is 87.1 cm³/mol. The van der Waals surface area contributed by atoms with Crippen LogP contribution in [-0.4, -0.2) is 39.4 Å². The van der Waals surface area contributed by atoms with Gasteiger partial charge in [0, 0.05) is 24.2 Å². The zero-order valence-corrected chi connectivity index (χ0v) is 13.6. The summed E-state index contributed by atoms with van der Waals surface area (Å²) in [7, 11) is 1.90. The third-order valence-corrected chi connectivity index (χ3v) is 4.72. The van der Waals surface area contributed by atoms with Gasteiger partial charge in [-0.05, 0) is 48.9 Å². The molecule has 2 atom stereocenters. The van der Waals surface area contributed by atoms with Gasteiger partial charge in [0.25, 0.3) is 5.91 Å². The summed E-state index contributed by atoms with van der Waals surface area (Å²) in [6, 6.07) is 7.61. The number of hydrogen-bond acceptors (Lipinski definition) is 6. The highest BCUT2D eigenvalue weighted by Gasteiger charge is 2.29. The van der Waals surface area contributed by atoms with Crippen molar-refractivity contribution in [2.45, 2.75) is 35.1 Å². The molecule has 0 saturated carbocycles. The second-order valence-corrected chi connectivity index (χ2v) is 6.44. The zero-order valence-electron chi connectivity index (χ0n) is 12.8. The van der Waals surface area contributed by atoms with Crippen molar-refractivity contribution in [1.82, 2.24) is 14.8 Å². The summed E-state index contributed by atoms with van der Waals surface area (Å²) < 4.78 is 7.45. The summed E-state index contributed by atoms with van der Waals surface area (Å²) in [6.07, 6.45) is 2.80. The number of rotatable bonds is 5. The first-order chi connectivity index (χ1) is 11.2. The molecule has 0 aliphatic carbocycles. The molecule has 3 rings (SSSR count). The Morgan fingerprint density at radius 3 is 2.83 bits per heavy atom. The van der Waals surface area contributed by atoms with E-state index in [1.54, 1.807) is 6.33 Å². The smallest absolute Gasteiger partial charge is 0.253 e. The van der Waals surface area contributed by atoms with Crippen molar-refractivity contribution in [1.29, 1.82) is 0 Å². The Morgan fingerprint density at radius 2 is 2.22 bits per heavy atom. The molecule has 1 aliphatic heterocycles. The number of carbonyl (C=O) groups excluding carboxylic acids is 1. The van der Waals surface area contributed by atoms with E-state index in [0.29, 0.717) is 13.0 Å². The van der Waals surface area contributed by atoms with Crippen LogP contribution in [0.5, 0.6) is 0 Å². The maximum Gasteiger partial charge on any atom is 0.253 e. The monoisotopic (exact) mass is 333 g/mol. The van der Waals surface area contributed by atoms with Gasteiger partial charge in [0.1, 0.15) is 12.4 Å². The molecule has 0 spiro atoms. The first kappa shape index (κ1) is 16.0. The number of anilines is 1. The van der Waals surface area contributed by atoms with Crippen molar-refractivity contribution in [2.24, 2.45) is 12.8 Å². The lowest BCUT2D eigenvalue weighted by molar-refractivity contribution is -0.126. The predicted octanol–water partition coefficient (Wildman–Crippen LogP) is 1.41. The van der Waals surface area contributed by atoms with Gasteiger partial charge in [-0.25, -0.2) is 0 Å². The van der Waals surface area contributed by atoms with E-state index in [-0.39, 0.29) is 12.0 Å². The number of amides is 1. The van der Waals surface area contributed by atoms with Crippen molar-refractivity contribution in [3.63, 3.8) is 0 Å². The standard InChI is InChI=1S/C15H19N5O2S/c1-20-9-17-19-15(20)23-12-5-2-10(3-6-12)18-14(21)13-7-4-11(8-16)22-13/h2-3,5-6,9,11,13H,4,7-8,16H2,1H3,(H,18,21)/t11-,13+/m1/s1. The number of hydrogen-bond donors (Lipinski definition) is 2. The van der Waals surface area contributed by atoms with E-state index < -0.39 is 6.10 Å². The Bertz CT molecular complexity index is 673. The van der Waals surface area contributed by atoms with E-state index >= 15 is 0 Å². The van der Waals surface area contributed by atoms with Crippen LogP contribution in [-0.2, 0) is 16.6 Å². The quantitative estimate of drug-likeness (QED) is 0.859. The van der Waals surface area contributed by atoms with Gasteiger partial charge in [0.05, 0.1) is 6.10 Å². The van der Waals surface area contributed by atoms with Crippen LogP contribution in [0.3, 0.4) is 0 Å². The van der Waals surface area contributed by atoms with E-state index in [2.05, 4.69) is 15.5 Å². The Labute approximate surface area is 138 Å². The fourth-order valence-corrected chi connectivity index (χ4v) is 3.13. The number of benzene rings is 1. The van der Waals surface area contributed by atoms with Gasteiger partial charge in [-0.1, -0.05) is 0 Å². The summed E-state index contributed by atoms with van der Waals surface area (Å²) >= 11 is 1.52. The lowest BCUT2D eigenvalue weighted by Crippen LogP contribution is -2.29. The summed E-state index contributed by atoms with van der Waals surface area (Å²) in [6.45, 7) is 0.456. The Morgan fingerprint density at radius 1 is 1.43 bits per heavy atom. The maximum atomic E-state index is 12.2. The molecule has 1 aliphatic rings. The van der Waals surface area contributed by atoms with Gasteiger partial charge in [-0.2, -0.15) is 0 Å². The molecule has 1 amide bonds. The third kappa shape index (κ3) is 3.90. The van der Waals surface area contributed by atoms with E-state index in [9.17, 15) is 4.79 Å². The maximum absolute atomic E-state index is 12.2. The average molecular weight is 333 g/mol. The van der Waals surface area contributed by atoms with Crippen LogP contribution in [0.1, 0.15) is 12.8 Å². The van der Waals surface area contributed by atoms with Gasteiger partial charge in [0.2, 0.25) is 0 Å². The number of carbonyl (C=O) groups is 1. The highest BCUT2D eigenvalue weighted by atomic mass is 32.2. The van der Waals surface area contributed by atoms with Gasteiger partial charge >= 0.3 is 0 Å². The molecule has 2 heterocycles. The molecule has 1 aromatic carbocycles. The van der Waals surface area contributed by atoms with Gasteiger partial charge in [-0.15, -0.1) is 10.2 Å². The fraction of sp³-hybridized carbons (Fsp3) is 0.400. The van der Waals surface area contributed by atoms with E-state index in [0.717, 1.165) is 22.2 Å². The zero-order chi connectivity index (χ0) is 16.2. The minimum absolute atomic E-state index is 0.00378.